The van der Waals surface area contributed by atoms with Crippen LogP contribution < -0.4 is 5.32 Å². The minimum Gasteiger partial charge on any atom is -0.377 e. The Morgan fingerprint density at radius 1 is 1.29 bits per heavy atom. The van der Waals surface area contributed by atoms with Crippen LogP contribution >= 0.6 is 0 Å². The van der Waals surface area contributed by atoms with Crippen LogP contribution in [-0.2, 0) is 14.6 Å². The largest absolute Gasteiger partial charge is 0.377 e. The third-order valence-electron chi connectivity index (χ3n) is 3.83. The second kappa shape index (κ2) is 5.67. The predicted octanol–water partition coefficient (Wildman–Crippen LogP) is 1.11. The molecular weight excluding hydrogens is 238 g/mol. The lowest BCUT2D eigenvalue weighted by Crippen LogP contribution is -2.31. The molecular formula is C12H23NO3S. The van der Waals surface area contributed by atoms with Gasteiger partial charge in [0, 0.05) is 12.6 Å². The van der Waals surface area contributed by atoms with Crippen LogP contribution in [0.4, 0.5) is 0 Å². The van der Waals surface area contributed by atoms with Crippen molar-refractivity contribution >= 4 is 9.84 Å². The number of nitrogens with one attached hydrogen (secondary N) is 1. The number of hydrogen-bond acceptors (Lipinski definition) is 4. The van der Waals surface area contributed by atoms with Gasteiger partial charge in [0.1, 0.15) is 0 Å². The second-order valence-corrected chi connectivity index (χ2v) is 7.48. The molecule has 1 aliphatic heterocycles. The first-order valence-corrected chi connectivity index (χ1v) is 8.40. The predicted molar refractivity (Wildman–Crippen MR) is 67.9 cm³/mol. The average Bonchev–Trinajstić information content (AvgIpc) is 2.88. The van der Waals surface area contributed by atoms with Gasteiger partial charge in [0.2, 0.25) is 0 Å². The molecule has 2 rings (SSSR count). The monoisotopic (exact) mass is 261 g/mol. The Labute approximate surface area is 104 Å². The first kappa shape index (κ1) is 13.3. The van der Waals surface area contributed by atoms with E-state index >= 15 is 0 Å². The number of ether oxygens (including phenoxy) is 1. The molecule has 0 radical (unpaired) electrons. The maximum Gasteiger partial charge on any atom is 0.155 e. The fraction of sp³-hybridized carbons (Fsp3) is 1.00. The van der Waals surface area contributed by atoms with Crippen molar-refractivity contribution in [3.05, 3.63) is 0 Å². The second-order valence-electron chi connectivity index (χ2n) is 5.15. The van der Waals surface area contributed by atoms with Gasteiger partial charge in [0.05, 0.1) is 17.1 Å². The molecule has 0 spiro atoms. The van der Waals surface area contributed by atoms with Crippen molar-refractivity contribution in [3.63, 3.8) is 0 Å². The van der Waals surface area contributed by atoms with Gasteiger partial charge in [-0.2, -0.15) is 0 Å². The van der Waals surface area contributed by atoms with Crippen LogP contribution in [0.15, 0.2) is 0 Å². The molecule has 1 heterocycles. The van der Waals surface area contributed by atoms with Crippen molar-refractivity contribution in [3.8, 4) is 0 Å². The van der Waals surface area contributed by atoms with E-state index in [9.17, 15) is 8.42 Å². The fourth-order valence-electron chi connectivity index (χ4n) is 2.91. The van der Waals surface area contributed by atoms with E-state index in [1.165, 1.54) is 0 Å². The highest BCUT2D eigenvalue weighted by Gasteiger charge is 2.36. The Balaban J connectivity index is 1.87. The van der Waals surface area contributed by atoms with E-state index in [1.807, 2.05) is 0 Å². The van der Waals surface area contributed by atoms with Gasteiger partial charge in [0.25, 0.3) is 0 Å². The van der Waals surface area contributed by atoms with Crippen LogP contribution in [0.5, 0.6) is 0 Å². The van der Waals surface area contributed by atoms with E-state index in [0.717, 1.165) is 45.3 Å². The van der Waals surface area contributed by atoms with Crippen LogP contribution in [0.3, 0.4) is 0 Å². The van der Waals surface area contributed by atoms with Crippen LogP contribution in [0, 0.1) is 0 Å². The summed E-state index contributed by atoms with van der Waals surface area (Å²) in [6.07, 6.45) is 4.45. The first-order valence-electron chi connectivity index (χ1n) is 6.68. The molecule has 0 aromatic rings. The van der Waals surface area contributed by atoms with Crippen molar-refractivity contribution in [2.24, 2.45) is 0 Å². The maximum absolute atomic E-state index is 12.2. The molecule has 4 nitrogen and oxygen atoms in total. The molecule has 100 valence electrons. The lowest BCUT2D eigenvalue weighted by molar-refractivity contribution is 0.127. The Morgan fingerprint density at radius 2 is 2.12 bits per heavy atom. The minimum atomic E-state index is -2.96. The molecule has 0 aromatic heterocycles. The average molecular weight is 261 g/mol. The molecule has 1 saturated carbocycles. The van der Waals surface area contributed by atoms with E-state index in [0.29, 0.717) is 6.04 Å². The molecule has 0 aromatic carbocycles. The first-order chi connectivity index (χ1) is 8.12. The van der Waals surface area contributed by atoms with Crippen LogP contribution in [0.2, 0.25) is 0 Å². The third-order valence-corrected chi connectivity index (χ3v) is 6.11. The quantitative estimate of drug-likeness (QED) is 0.805. The van der Waals surface area contributed by atoms with Crippen molar-refractivity contribution < 1.29 is 13.2 Å². The highest BCUT2D eigenvalue weighted by Crippen LogP contribution is 2.27. The van der Waals surface area contributed by atoms with Crippen molar-refractivity contribution in [2.45, 2.75) is 56.4 Å². The Hall–Kier alpha value is -0.130. The molecule has 0 amide bonds. The zero-order chi connectivity index (χ0) is 12.3. The zero-order valence-corrected chi connectivity index (χ0v) is 11.3. The molecule has 1 saturated heterocycles. The van der Waals surface area contributed by atoms with Gasteiger partial charge in [-0.1, -0.05) is 6.92 Å². The van der Waals surface area contributed by atoms with Crippen LogP contribution in [0.1, 0.15) is 39.0 Å². The molecule has 1 N–H and O–H groups in total. The normalized spacial score (nSPS) is 34.3. The number of hydrogen-bond donors (Lipinski definition) is 1. The third kappa shape index (κ3) is 3.42. The maximum atomic E-state index is 12.2. The van der Waals surface area contributed by atoms with E-state index in [4.69, 9.17) is 4.74 Å². The summed E-state index contributed by atoms with van der Waals surface area (Å²) in [6, 6.07) is 0.393. The Morgan fingerprint density at radius 3 is 2.76 bits per heavy atom. The summed E-state index contributed by atoms with van der Waals surface area (Å²) in [5, 5.41) is 3.20. The van der Waals surface area contributed by atoms with Gasteiger partial charge < -0.3 is 10.1 Å². The highest BCUT2D eigenvalue weighted by molar-refractivity contribution is 7.92. The fourth-order valence-corrected chi connectivity index (χ4v) is 4.99. The number of rotatable bonds is 5. The standard InChI is InChI=1S/C12H23NO3S/c1-2-13-10-5-6-12(8-10)17(14,15)9-11-4-3-7-16-11/h10-13H,2-9H2,1H3. The van der Waals surface area contributed by atoms with Gasteiger partial charge in [0.15, 0.2) is 9.84 Å². The zero-order valence-electron chi connectivity index (χ0n) is 10.5. The smallest absolute Gasteiger partial charge is 0.155 e. The highest BCUT2D eigenvalue weighted by atomic mass is 32.2. The summed E-state index contributed by atoms with van der Waals surface area (Å²) in [5.41, 5.74) is 0. The lowest BCUT2D eigenvalue weighted by atomic mass is 10.2. The molecule has 2 aliphatic rings. The Kier molecular flexibility index (Phi) is 4.44. The summed E-state index contributed by atoms with van der Waals surface area (Å²) < 4.78 is 29.9. The minimum absolute atomic E-state index is 0.0433. The molecule has 0 bridgehead atoms. The van der Waals surface area contributed by atoms with Gasteiger partial charge in [-0.05, 0) is 38.6 Å². The van der Waals surface area contributed by atoms with Crippen molar-refractivity contribution in [2.75, 3.05) is 18.9 Å². The lowest BCUT2D eigenvalue weighted by Gasteiger charge is -2.15. The van der Waals surface area contributed by atoms with Crippen LogP contribution in [0.25, 0.3) is 0 Å². The van der Waals surface area contributed by atoms with Gasteiger partial charge in [-0.15, -0.1) is 0 Å². The summed E-state index contributed by atoms with van der Waals surface area (Å²) in [4.78, 5) is 0. The molecule has 1 aliphatic carbocycles. The van der Waals surface area contributed by atoms with E-state index < -0.39 is 9.84 Å². The molecule has 17 heavy (non-hydrogen) atoms. The Bertz CT molecular complexity index is 336. The van der Waals surface area contributed by atoms with Gasteiger partial charge in [-0.25, -0.2) is 8.42 Å². The summed E-state index contributed by atoms with van der Waals surface area (Å²) in [5.74, 6) is 0.233. The van der Waals surface area contributed by atoms with E-state index in [-0.39, 0.29) is 17.1 Å². The summed E-state index contributed by atoms with van der Waals surface area (Å²) >= 11 is 0. The summed E-state index contributed by atoms with van der Waals surface area (Å²) in [6.45, 7) is 3.71. The van der Waals surface area contributed by atoms with E-state index in [2.05, 4.69) is 12.2 Å². The molecule has 2 fully saturated rings. The SMILES string of the molecule is CCNC1CCC(S(=O)(=O)CC2CCCO2)C1. The van der Waals surface area contributed by atoms with Crippen LogP contribution in [-0.4, -0.2) is 44.7 Å². The van der Waals surface area contributed by atoms with Gasteiger partial charge >= 0.3 is 0 Å². The number of sulfone groups is 1. The molecule has 3 atom stereocenters. The van der Waals surface area contributed by atoms with Gasteiger partial charge in [-0.3, -0.25) is 0 Å². The van der Waals surface area contributed by atoms with Crippen molar-refractivity contribution in [1.82, 2.24) is 5.32 Å². The topological polar surface area (TPSA) is 55.4 Å². The summed E-state index contributed by atoms with van der Waals surface area (Å²) in [7, 11) is -2.96. The van der Waals surface area contributed by atoms with Crippen molar-refractivity contribution in [1.29, 1.82) is 0 Å². The van der Waals surface area contributed by atoms with E-state index in [1.54, 1.807) is 0 Å². The molecule has 5 heteroatoms. The molecule has 3 unspecified atom stereocenters.